The molecule has 6 nitrogen and oxygen atoms in total. The Morgan fingerprint density at radius 2 is 1.38 bits per heavy atom. The molecule has 1 heterocycles. The zero-order valence-electron chi connectivity index (χ0n) is 18.0. The van der Waals surface area contributed by atoms with Gasteiger partial charge in [-0.2, -0.15) is 4.31 Å². The molecule has 0 aliphatic carbocycles. The summed E-state index contributed by atoms with van der Waals surface area (Å²) < 4.78 is 56.8. The molecule has 0 spiro atoms. The van der Waals surface area contributed by atoms with E-state index in [-0.39, 0.29) is 22.9 Å². The Labute approximate surface area is 190 Å². The normalized spacial score (nSPS) is 17.1. The zero-order valence-corrected chi connectivity index (χ0v) is 19.7. The summed E-state index contributed by atoms with van der Waals surface area (Å²) in [5.74, 6) is 0. The van der Waals surface area contributed by atoms with Crippen molar-refractivity contribution >= 4 is 20.0 Å². The van der Waals surface area contributed by atoms with Crippen molar-refractivity contribution in [2.45, 2.75) is 36.1 Å². The Morgan fingerprint density at radius 1 is 0.812 bits per heavy atom. The fourth-order valence-corrected chi connectivity index (χ4v) is 6.61. The third kappa shape index (κ3) is 4.49. The molecular weight excluding hydrogens is 444 g/mol. The molecule has 4 rings (SSSR count). The molecule has 168 valence electrons. The van der Waals surface area contributed by atoms with Crippen molar-refractivity contribution in [3.63, 3.8) is 0 Å². The highest BCUT2D eigenvalue weighted by atomic mass is 32.2. The van der Waals surface area contributed by atoms with Gasteiger partial charge in [-0.05, 0) is 55.7 Å². The Kier molecular flexibility index (Phi) is 6.22. The fraction of sp³-hybridized carbons (Fsp3) is 0.250. The minimum atomic E-state index is -3.81. The molecule has 8 heteroatoms. The number of benzene rings is 3. The molecule has 1 aliphatic heterocycles. The van der Waals surface area contributed by atoms with Crippen LogP contribution in [-0.2, 0) is 26.5 Å². The van der Waals surface area contributed by atoms with Crippen molar-refractivity contribution in [1.29, 1.82) is 0 Å². The number of hydrogen-bond acceptors (Lipinski definition) is 4. The number of rotatable bonds is 6. The minimum absolute atomic E-state index is 0.0572. The summed E-state index contributed by atoms with van der Waals surface area (Å²) in [6.07, 6.45) is 0.572. The van der Waals surface area contributed by atoms with Gasteiger partial charge < -0.3 is 0 Å². The highest BCUT2D eigenvalue weighted by Crippen LogP contribution is 2.34. The molecule has 3 aromatic rings. The topological polar surface area (TPSA) is 83.6 Å². The van der Waals surface area contributed by atoms with E-state index in [4.69, 9.17) is 0 Å². The van der Waals surface area contributed by atoms with Gasteiger partial charge in [0.2, 0.25) is 20.0 Å². The van der Waals surface area contributed by atoms with E-state index in [1.54, 1.807) is 48.5 Å². The summed E-state index contributed by atoms with van der Waals surface area (Å²) >= 11 is 0. The molecule has 32 heavy (non-hydrogen) atoms. The van der Waals surface area contributed by atoms with Gasteiger partial charge in [-0.3, -0.25) is 0 Å². The van der Waals surface area contributed by atoms with E-state index < -0.39 is 26.1 Å². The minimum Gasteiger partial charge on any atom is -0.209 e. The highest BCUT2D eigenvalue weighted by molar-refractivity contribution is 7.89. The number of nitrogens with zero attached hydrogens (tertiary/aromatic N) is 1. The molecule has 0 fully saturated rings. The van der Waals surface area contributed by atoms with Crippen LogP contribution >= 0.6 is 0 Å². The molecule has 1 unspecified atom stereocenters. The second-order valence-corrected chi connectivity index (χ2v) is 11.7. The van der Waals surface area contributed by atoms with Crippen LogP contribution in [-0.4, -0.2) is 34.2 Å². The van der Waals surface area contributed by atoms with Gasteiger partial charge in [0.1, 0.15) is 0 Å². The van der Waals surface area contributed by atoms with Crippen LogP contribution in [0, 0.1) is 13.8 Å². The Bertz CT molecular complexity index is 1320. The summed E-state index contributed by atoms with van der Waals surface area (Å²) in [5, 5.41) is 0. The van der Waals surface area contributed by atoms with Gasteiger partial charge in [-0.1, -0.05) is 59.7 Å². The molecule has 1 aliphatic rings. The van der Waals surface area contributed by atoms with E-state index in [1.807, 2.05) is 38.1 Å². The summed E-state index contributed by atoms with van der Waals surface area (Å²) in [7, 11) is -7.60. The maximum absolute atomic E-state index is 13.5. The number of aryl methyl sites for hydroxylation is 2. The van der Waals surface area contributed by atoms with Crippen molar-refractivity contribution in [3.8, 4) is 0 Å². The van der Waals surface area contributed by atoms with Crippen LogP contribution in [0.15, 0.2) is 82.6 Å². The van der Waals surface area contributed by atoms with E-state index in [0.29, 0.717) is 6.42 Å². The average molecular weight is 471 g/mol. The number of hydrogen-bond donors (Lipinski definition) is 1. The van der Waals surface area contributed by atoms with Crippen molar-refractivity contribution < 1.29 is 16.8 Å². The van der Waals surface area contributed by atoms with Gasteiger partial charge in [-0.25, -0.2) is 21.6 Å². The smallest absolute Gasteiger partial charge is 0.209 e. The predicted molar refractivity (Wildman–Crippen MR) is 124 cm³/mol. The van der Waals surface area contributed by atoms with Gasteiger partial charge in [0, 0.05) is 13.1 Å². The lowest BCUT2D eigenvalue weighted by Crippen LogP contribution is -2.45. The van der Waals surface area contributed by atoms with Crippen LogP contribution in [0.25, 0.3) is 0 Å². The first kappa shape index (κ1) is 22.7. The molecule has 0 amide bonds. The van der Waals surface area contributed by atoms with Gasteiger partial charge in [0.25, 0.3) is 0 Å². The van der Waals surface area contributed by atoms with Crippen LogP contribution in [0.2, 0.25) is 0 Å². The SMILES string of the molecule is Cc1ccc(S(=O)(=O)NCC2c3ccccc3CCN2S(=O)(=O)c2ccc(C)cc2)cc1. The highest BCUT2D eigenvalue weighted by Gasteiger charge is 2.37. The molecule has 0 aromatic heterocycles. The fourth-order valence-electron chi connectivity index (χ4n) is 3.96. The first-order valence-corrected chi connectivity index (χ1v) is 13.3. The standard InChI is InChI=1S/C24H26N2O4S2/c1-18-7-11-21(12-8-18)31(27,28)25-17-24-23-6-4-3-5-20(23)15-16-26(24)32(29,30)22-13-9-19(2)10-14-22/h3-14,24-25H,15-17H2,1-2H3. The van der Waals surface area contributed by atoms with Gasteiger partial charge in [0.05, 0.1) is 15.8 Å². The third-order valence-electron chi connectivity index (χ3n) is 5.79. The van der Waals surface area contributed by atoms with E-state index in [0.717, 1.165) is 22.3 Å². The Hall–Kier alpha value is -2.52. The summed E-state index contributed by atoms with van der Waals surface area (Å²) in [6, 6.07) is 20.2. The molecule has 0 saturated carbocycles. The summed E-state index contributed by atoms with van der Waals surface area (Å²) in [6.45, 7) is 4.01. The van der Waals surface area contributed by atoms with Gasteiger partial charge in [0.15, 0.2) is 0 Å². The van der Waals surface area contributed by atoms with Crippen LogP contribution in [0.4, 0.5) is 0 Å². The van der Waals surface area contributed by atoms with Gasteiger partial charge >= 0.3 is 0 Å². The number of fused-ring (bicyclic) bond motifs is 1. The van der Waals surface area contributed by atoms with Crippen molar-refractivity contribution in [2.24, 2.45) is 0 Å². The lowest BCUT2D eigenvalue weighted by molar-refractivity contribution is 0.307. The van der Waals surface area contributed by atoms with Crippen LogP contribution < -0.4 is 4.72 Å². The quantitative estimate of drug-likeness (QED) is 0.597. The van der Waals surface area contributed by atoms with E-state index in [1.165, 1.54) is 4.31 Å². The van der Waals surface area contributed by atoms with Crippen LogP contribution in [0.5, 0.6) is 0 Å². The predicted octanol–water partition coefficient (Wildman–Crippen LogP) is 3.57. The van der Waals surface area contributed by atoms with Crippen molar-refractivity contribution in [1.82, 2.24) is 9.03 Å². The van der Waals surface area contributed by atoms with Crippen LogP contribution in [0.3, 0.4) is 0 Å². The molecule has 0 saturated heterocycles. The van der Waals surface area contributed by atoms with Crippen molar-refractivity contribution in [3.05, 3.63) is 95.1 Å². The van der Waals surface area contributed by atoms with E-state index in [2.05, 4.69) is 4.72 Å². The molecule has 1 atom stereocenters. The molecule has 3 aromatic carbocycles. The lowest BCUT2D eigenvalue weighted by Gasteiger charge is -2.36. The second kappa shape index (κ2) is 8.78. The number of sulfonamides is 2. The molecule has 0 radical (unpaired) electrons. The third-order valence-corrected chi connectivity index (χ3v) is 9.15. The Morgan fingerprint density at radius 3 is 2.00 bits per heavy atom. The van der Waals surface area contributed by atoms with Crippen LogP contribution in [0.1, 0.15) is 28.3 Å². The number of nitrogens with one attached hydrogen (secondary N) is 1. The largest absolute Gasteiger partial charge is 0.243 e. The average Bonchev–Trinajstić information content (AvgIpc) is 2.78. The molecule has 0 bridgehead atoms. The van der Waals surface area contributed by atoms with Gasteiger partial charge in [-0.15, -0.1) is 0 Å². The molecular formula is C24H26N2O4S2. The first-order valence-electron chi connectivity index (χ1n) is 10.4. The van der Waals surface area contributed by atoms with E-state index >= 15 is 0 Å². The first-order chi connectivity index (χ1) is 15.2. The monoisotopic (exact) mass is 470 g/mol. The second-order valence-electron chi connectivity index (χ2n) is 8.06. The zero-order chi connectivity index (χ0) is 22.9. The van der Waals surface area contributed by atoms with E-state index in [9.17, 15) is 16.8 Å². The Balaban J connectivity index is 1.68. The summed E-state index contributed by atoms with van der Waals surface area (Å²) in [4.78, 5) is 0.356. The lowest BCUT2D eigenvalue weighted by atomic mass is 9.94. The van der Waals surface area contributed by atoms with Crippen molar-refractivity contribution in [2.75, 3.05) is 13.1 Å². The molecule has 1 N–H and O–H groups in total. The maximum Gasteiger partial charge on any atom is 0.243 e. The maximum atomic E-state index is 13.5. The summed E-state index contributed by atoms with van der Waals surface area (Å²) in [5.41, 5.74) is 3.78.